The van der Waals surface area contributed by atoms with Crippen LogP contribution in [-0.2, 0) is 17.1 Å². The number of benzene rings is 1. The molecular formula is C13H12F6O. The Balaban J connectivity index is 3.27. The first-order valence-electron chi connectivity index (χ1n) is 5.57. The van der Waals surface area contributed by atoms with Crippen LogP contribution in [0.25, 0.3) is 0 Å². The molecule has 0 bridgehead atoms. The van der Waals surface area contributed by atoms with Gasteiger partial charge >= 0.3 is 12.4 Å². The quantitative estimate of drug-likeness (QED) is 0.562. The summed E-state index contributed by atoms with van der Waals surface area (Å²) in [7, 11) is 0. The van der Waals surface area contributed by atoms with Gasteiger partial charge in [-0.1, -0.05) is 6.08 Å². The largest absolute Gasteiger partial charge is 0.416 e. The minimum atomic E-state index is -4.85. The van der Waals surface area contributed by atoms with E-state index in [9.17, 15) is 26.3 Å². The zero-order valence-electron chi connectivity index (χ0n) is 10.5. The normalized spacial score (nSPS) is 14.2. The van der Waals surface area contributed by atoms with Gasteiger partial charge in [0.1, 0.15) is 0 Å². The molecule has 0 unspecified atom stereocenters. The van der Waals surface area contributed by atoms with Gasteiger partial charge in [0, 0.05) is 0 Å². The minimum absolute atomic E-state index is 0.0266. The number of ether oxygens (including phenoxy) is 1. The predicted octanol–water partition coefficient (Wildman–Crippen LogP) is 4.99. The predicted molar refractivity (Wildman–Crippen MR) is 61.0 cm³/mol. The van der Waals surface area contributed by atoms with E-state index in [0.717, 1.165) is 0 Å². The highest BCUT2D eigenvalue weighted by Crippen LogP contribution is 2.37. The molecule has 0 aliphatic carbocycles. The van der Waals surface area contributed by atoms with Crippen LogP contribution in [0.5, 0.6) is 0 Å². The average molecular weight is 298 g/mol. The lowest BCUT2D eigenvalue weighted by atomic mass is 10.0. The van der Waals surface area contributed by atoms with E-state index in [1.165, 1.54) is 13.0 Å². The molecule has 0 aromatic heterocycles. The standard InChI is InChI=1S/C13H12F6O/c1-3-4-20-8(2)9-5-10(12(14,15)16)7-11(6-9)13(17,18)19/h3,5-8H,1,4H2,2H3/t8-/m1/s1. The molecule has 0 radical (unpaired) electrons. The van der Waals surface area contributed by atoms with Gasteiger partial charge in [0.2, 0.25) is 0 Å². The summed E-state index contributed by atoms with van der Waals surface area (Å²) in [6, 6.07) is 1.40. The van der Waals surface area contributed by atoms with Gasteiger partial charge in [0.25, 0.3) is 0 Å². The second kappa shape index (κ2) is 5.87. The van der Waals surface area contributed by atoms with Crippen LogP contribution in [-0.4, -0.2) is 6.61 Å². The Morgan fingerprint density at radius 1 is 1.05 bits per heavy atom. The number of hydrogen-bond donors (Lipinski definition) is 0. The van der Waals surface area contributed by atoms with Crippen LogP contribution < -0.4 is 0 Å². The monoisotopic (exact) mass is 298 g/mol. The molecule has 0 spiro atoms. The maximum Gasteiger partial charge on any atom is 0.416 e. The Bertz CT molecular complexity index is 442. The highest BCUT2D eigenvalue weighted by molar-refractivity contribution is 5.34. The van der Waals surface area contributed by atoms with Crippen molar-refractivity contribution < 1.29 is 31.1 Å². The highest BCUT2D eigenvalue weighted by Gasteiger charge is 2.37. The fraction of sp³-hybridized carbons (Fsp3) is 0.385. The van der Waals surface area contributed by atoms with Crippen molar-refractivity contribution in [1.82, 2.24) is 0 Å². The molecule has 0 aliphatic heterocycles. The van der Waals surface area contributed by atoms with E-state index in [1.807, 2.05) is 0 Å². The smallest absolute Gasteiger partial charge is 0.370 e. The van der Waals surface area contributed by atoms with Crippen LogP contribution in [0.4, 0.5) is 26.3 Å². The SMILES string of the molecule is C=CCO[C@H](C)c1cc(C(F)(F)F)cc(C(F)(F)F)c1. The molecule has 1 nitrogen and oxygen atoms in total. The number of halogens is 6. The average Bonchev–Trinajstić information content (AvgIpc) is 2.33. The van der Waals surface area contributed by atoms with Crippen LogP contribution in [0, 0.1) is 0 Å². The Morgan fingerprint density at radius 3 is 1.85 bits per heavy atom. The maximum absolute atomic E-state index is 12.6. The summed E-state index contributed by atoms with van der Waals surface area (Å²) in [6.45, 7) is 4.76. The molecular weight excluding hydrogens is 286 g/mol. The molecule has 7 heteroatoms. The lowest BCUT2D eigenvalue weighted by Crippen LogP contribution is -2.13. The van der Waals surface area contributed by atoms with E-state index >= 15 is 0 Å². The lowest BCUT2D eigenvalue weighted by Gasteiger charge is -2.18. The van der Waals surface area contributed by atoms with Gasteiger partial charge < -0.3 is 4.74 Å². The van der Waals surface area contributed by atoms with Gasteiger partial charge in [-0.15, -0.1) is 6.58 Å². The van der Waals surface area contributed by atoms with E-state index in [1.54, 1.807) is 0 Å². The van der Waals surface area contributed by atoms with Crippen molar-refractivity contribution in [2.45, 2.75) is 25.4 Å². The first kappa shape index (κ1) is 16.6. The van der Waals surface area contributed by atoms with E-state index in [-0.39, 0.29) is 18.2 Å². The van der Waals surface area contributed by atoms with Crippen molar-refractivity contribution >= 4 is 0 Å². The molecule has 112 valence electrons. The first-order chi connectivity index (χ1) is 9.05. The molecule has 1 aromatic rings. The summed E-state index contributed by atoms with van der Waals surface area (Å²) in [5.74, 6) is 0. The Kier molecular flexibility index (Phi) is 4.86. The lowest BCUT2D eigenvalue weighted by molar-refractivity contribution is -0.143. The summed E-state index contributed by atoms with van der Waals surface area (Å²) >= 11 is 0. The fourth-order valence-corrected chi connectivity index (χ4v) is 1.52. The Hall–Kier alpha value is -1.50. The van der Waals surface area contributed by atoms with Crippen LogP contribution in [0.3, 0.4) is 0 Å². The van der Waals surface area contributed by atoms with E-state index in [0.29, 0.717) is 12.1 Å². The molecule has 20 heavy (non-hydrogen) atoms. The van der Waals surface area contributed by atoms with Gasteiger partial charge in [-0.05, 0) is 30.7 Å². The van der Waals surface area contributed by atoms with Crippen LogP contribution >= 0.6 is 0 Å². The van der Waals surface area contributed by atoms with Crippen LogP contribution in [0.15, 0.2) is 30.9 Å². The minimum Gasteiger partial charge on any atom is -0.370 e. The van der Waals surface area contributed by atoms with Crippen molar-refractivity contribution in [3.63, 3.8) is 0 Å². The van der Waals surface area contributed by atoms with Crippen LogP contribution in [0.1, 0.15) is 29.7 Å². The van der Waals surface area contributed by atoms with E-state index < -0.39 is 29.6 Å². The topological polar surface area (TPSA) is 9.23 Å². The summed E-state index contributed by atoms with van der Waals surface area (Å²) in [6.07, 6.45) is -9.26. The third-order valence-electron chi connectivity index (χ3n) is 2.54. The van der Waals surface area contributed by atoms with E-state index in [2.05, 4.69) is 6.58 Å². The van der Waals surface area contributed by atoms with Gasteiger partial charge in [-0.3, -0.25) is 0 Å². The van der Waals surface area contributed by atoms with Gasteiger partial charge in [-0.25, -0.2) is 0 Å². The van der Waals surface area contributed by atoms with Gasteiger partial charge in [0.05, 0.1) is 23.8 Å². The zero-order valence-corrected chi connectivity index (χ0v) is 10.5. The Morgan fingerprint density at radius 2 is 1.50 bits per heavy atom. The highest BCUT2D eigenvalue weighted by atomic mass is 19.4. The number of hydrogen-bond acceptors (Lipinski definition) is 1. The van der Waals surface area contributed by atoms with Crippen molar-refractivity contribution in [2.75, 3.05) is 6.61 Å². The van der Waals surface area contributed by atoms with Crippen molar-refractivity contribution in [1.29, 1.82) is 0 Å². The molecule has 0 saturated carbocycles. The van der Waals surface area contributed by atoms with Gasteiger partial charge in [0.15, 0.2) is 0 Å². The molecule has 0 amide bonds. The molecule has 0 heterocycles. The molecule has 1 atom stereocenters. The summed E-state index contributed by atoms with van der Waals surface area (Å²) < 4.78 is 80.8. The number of rotatable bonds is 4. The molecule has 1 rings (SSSR count). The second-order valence-corrected chi connectivity index (χ2v) is 4.10. The molecule has 0 fully saturated rings. The molecule has 1 aromatic carbocycles. The second-order valence-electron chi connectivity index (χ2n) is 4.10. The Labute approximate surface area is 111 Å². The third kappa shape index (κ3) is 4.26. The van der Waals surface area contributed by atoms with Crippen molar-refractivity contribution in [3.8, 4) is 0 Å². The van der Waals surface area contributed by atoms with Crippen molar-refractivity contribution in [2.24, 2.45) is 0 Å². The first-order valence-corrected chi connectivity index (χ1v) is 5.57. The van der Waals surface area contributed by atoms with Crippen LogP contribution in [0.2, 0.25) is 0 Å². The van der Waals surface area contributed by atoms with Crippen molar-refractivity contribution in [3.05, 3.63) is 47.5 Å². The zero-order chi connectivity index (χ0) is 15.6. The number of alkyl halides is 6. The molecule has 0 aliphatic rings. The third-order valence-corrected chi connectivity index (χ3v) is 2.54. The van der Waals surface area contributed by atoms with Gasteiger partial charge in [-0.2, -0.15) is 26.3 Å². The van der Waals surface area contributed by atoms with E-state index in [4.69, 9.17) is 4.74 Å². The fourth-order valence-electron chi connectivity index (χ4n) is 1.52. The molecule has 0 saturated heterocycles. The maximum atomic E-state index is 12.6. The summed E-state index contributed by atoms with van der Waals surface area (Å²) in [4.78, 5) is 0. The summed E-state index contributed by atoms with van der Waals surface area (Å²) in [5, 5.41) is 0. The molecule has 0 N–H and O–H groups in total. The summed E-state index contributed by atoms with van der Waals surface area (Å²) in [5.41, 5.74) is -2.89.